The lowest BCUT2D eigenvalue weighted by atomic mass is 9.90. The van der Waals surface area contributed by atoms with E-state index in [9.17, 15) is 4.79 Å². The number of carbonyl (C=O) groups is 1. The summed E-state index contributed by atoms with van der Waals surface area (Å²) in [5.41, 5.74) is 0.458. The van der Waals surface area contributed by atoms with Gasteiger partial charge >= 0.3 is 6.09 Å². The Balaban J connectivity index is 1.70. The van der Waals surface area contributed by atoms with Gasteiger partial charge in [-0.2, -0.15) is 5.10 Å². The van der Waals surface area contributed by atoms with Gasteiger partial charge in [0.2, 0.25) is 0 Å². The molecule has 0 unspecified atom stereocenters. The molecule has 24 heavy (non-hydrogen) atoms. The molecule has 1 amide bonds. The monoisotopic (exact) mass is 332 g/mol. The number of carbonyl (C=O) groups excluding carboxylic acids is 1. The van der Waals surface area contributed by atoms with Crippen molar-refractivity contribution >= 4 is 11.9 Å². The van der Waals surface area contributed by atoms with Gasteiger partial charge in [-0.25, -0.2) is 4.79 Å². The van der Waals surface area contributed by atoms with Crippen molar-refractivity contribution in [2.45, 2.75) is 71.1 Å². The highest BCUT2D eigenvalue weighted by molar-refractivity contribution is 5.69. The van der Waals surface area contributed by atoms with Crippen LogP contribution in [0.4, 0.5) is 10.6 Å². The van der Waals surface area contributed by atoms with Gasteiger partial charge in [-0.1, -0.05) is 0 Å². The molecule has 6 nitrogen and oxygen atoms in total. The molecule has 1 saturated carbocycles. The molecular formula is C18H28N4O2. The highest BCUT2D eigenvalue weighted by atomic mass is 16.6. The Bertz CT molecular complexity index is 578. The fourth-order valence-corrected chi connectivity index (χ4v) is 3.31. The molecule has 1 aliphatic carbocycles. The van der Waals surface area contributed by atoms with E-state index >= 15 is 0 Å². The molecule has 1 aromatic heterocycles. The van der Waals surface area contributed by atoms with Crippen molar-refractivity contribution in [2.24, 2.45) is 0 Å². The van der Waals surface area contributed by atoms with Crippen molar-refractivity contribution < 1.29 is 9.53 Å². The van der Waals surface area contributed by atoms with E-state index in [0.717, 1.165) is 43.9 Å². The quantitative estimate of drug-likeness (QED) is 0.851. The second kappa shape index (κ2) is 6.57. The lowest BCUT2D eigenvalue weighted by molar-refractivity contribution is -0.00350. The van der Waals surface area contributed by atoms with Crippen LogP contribution in [0.25, 0.3) is 0 Å². The van der Waals surface area contributed by atoms with Gasteiger partial charge in [-0.05, 0) is 65.5 Å². The average Bonchev–Trinajstić information content (AvgIpc) is 2.90. The highest BCUT2D eigenvalue weighted by Gasteiger charge is 2.40. The van der Waals surface area contributed by atoms with Gasteiger partial charge in [0.05, 0.1) is 11.7 Å². The second-order valence-corrected chi connectivity index (χ2v) is 7.89. The maximum atomic E-state index is 12.7. The van der Waals surface area contributed by atoms with E-state index in [1.165, 1.54) is 6.42 Å². The Morgan fingerprint density at radius 2 is 1.96 bits per heavy atom. The Morgan fingerprint density at radius 1 is 1.21 bits per heavy atom. The third-order valence-corrected chi connectivity index (χ3v) is 4.74. The summed E-state index contributed by atoms with van der Waals surface area (Å²) in [5.74, 6) is 0.890. The predicted molar refractivity (Wildman–Crippen MR) is 93.1 cm³/mol. The van der Waals surface area contributed by atoms with Gasteiger partial charge in [-0.15, -0.1) is 5.10 Å². The van der Waals surface area contributed by atoms with Crippen molar-refractivity contribution in [3.63, 3.8) is 0 Å². The van der Waals surface area contributed by atoms with Crippen LogP contribution in [0.2, 0.25) is 0 Å². The van der Waals surface area contributed by atoms with Gasteiger partial charge in [0.25, 0.3) is 0 Å². The van der Waals surface area contributed by atoms with Crippen LogP contribution >= 0.6 is 0 Å². The molecule has 1 atom stereocenters. The molecule has 132 valence electrons. The smallest absolute Gasteiger partial charge is 0.410 e. The summed E-state index contributed by atoms with van der Waals surface area (Å²) >= 11 is 0. The van der Waals surface area contributed by atoms with Crippen LogP contribution in [0, 0.1) is 6.92 Å². The minimum absolute atomic E-state index is 0.172. The first-order valence-corrected chi connectivity index (χ1v) is 8.90. The minimum Gasteiger partial charge on any atom is -0.444 e. The first-order valence-electron chi connectivity index (χ1n) is 8.90. The number of aryl methyl sites for hydroxylation is 1. The van der Waals surface area contributed by atoms with Crippen molar-refractivity contribution in [1.29, 1.82) is 0 Å². The van der Waals surface area contributed by atoms with Crippen LogP contribution in [-0.2, 0) is 4.74 Å². The van der Waals surface area contributed by atoms with E-state index < -0.39 is 5.60 Å². The van der Waals surface area contributed by atoms with Gasteiger partial charge in [-0.3, -0.25) is 0 Å². The summed E-state index contributed by atoms with van der Waals surface area (Å²) in [4.78, 5) is 16.9. The first-order chi connectivity index (χ1) is 11.3. The molecule has 1 saturated heterocycles. The van der Waals surface area contributed by atoms with Crippen LogP contribution in [0.5, 0.6) is 0 Å². The summed E-state index contributed by atoms with van der Waals surface area (Å²) in [5, 5.41) is 8.42. The van der Waals surface area contributed by atoms with Gasteiger partial charge in [0.15, 0.2) is 5.82 Å². The van der Waals surface area contributed by atoms with Crippen LogP contribution in [0.15, 0.2) is 12.1 Å². The summed E-state index contributed by atoms with van der Waals surface area (Å²) in [6, 6.07) is 4.50. The van der Waals surface area contributed by atoms with E-state index in [2.05, 4.69) is 15.1 Å². The van der Waals surface area contributed by atoms with Crippen LogP contribution in [0.3, 0.4) is 0 Å². The number of hydrogen-bond donors (Lipinski definition) is 0. The van der Waals surface area contributed by atoms with Crippen molar-refractivity contribution in [3.8, 4) is 0 Å². The van der Waals surface area contributed by atoms with E-state index in [0.29, 0.717) is 6.04 Å². The molecule has 1 aromatic rings. The molecule has 2 heterocycles. The molecule has 0 bridgehead atoms. The Morgan fingerprint density at radius 3 is 2.50 bits per heavy atom. The van der Waals surface area contributed by atoms with Gasteiger partial charge in [0, 0.05) is 19.1 Å². The molecule has 0 spiro atoms. The number of rotatable bonds is 3. The first kappa shape index (κ1) is 17.0. The SMILES string of the molecule is Cc1ccc(N2CC[C@@H](N(C(=O)OC(C)(C)C)C3CCC3)C2)nn1. The van der Waals surface area contributed by atoms with E-state index in [4.69, 9.17) is 4.74 Å². The van der Waals surface area contributed by atoms with Crippen molar-refractivity contribution in [3.05, 3.63) is 17.8 Å². The molecule has 2 fully saturated rings. The Labute approximate surface area is 144 Å². The number of hydrogen-bond acceptors (Lipinski definition) is 5. The van der Waals surface area contributed by atoms with Gasteiger partial charge in [0.1, 0.15) is 5.60 Å². The lowest BCUT2D eigenvalue weighted by Crippen LogP contribution is -2.52. The fourth-order valence-electron chi connectivity index (χ4n) is 3.31. The number of amides is 1. The predicted octanol–water partition coefficient (Wildman–Crippen LogP) is 3.15. The molecule has 6 heteroatoms. The summed E-state index contributed by atoms with van der Waals surface area (Å²) in [6.07, 6.45) is 4.14. The zero-order valence-corrected chi connectivity index (χ0v) is 15.2. The number of ether oxygens (including phenoxy) is 1. The number of aromatic nitrogens is 2. The molecule has 0 N–H and O–H groups in total. The molecule has 0 radical (unpaired) electrons. The van der Waals surface area contributed by atoms with Crippen molar-refractivity contribution in [1.82, 2.24) is 15.1 Å². The number of anilines is 1. The van der Waals surface area contributed by atoms with E-state index in [1.807, 2.05) is 44.7 Å². The zero-order chi connectivity index (χ0) is 17.3. The molecule has 0 aromatic carbocycles. The standard InChI is InChI=1S/C18H28N4O2/c1-13-8-9-16(20-19-13)21-11-10-15(12-21)22(14-6-5-7-14)17(23)24-18(2,3)4/h8-9,14-15H,5-7,10-12H2,1-4H3/t15-/m1/s1. The fraction of sp³-hybridized carbons (Fsp3) is 0.722. The largest absolute Gasteiger partial charge is 0.444 e. The zero-order valence-electron chi connectivity index (χ0n) is 15.2. The lowest BCUT2D eigenvalue weighted by Gasteiger charge is -2.41. The third-order valence-electron chi connectivity index (χ3n) is 4.74. The maximum Gasteiger partial charge on any atom is 0.410 e. The summed E-state index contributed by atoms with van der Waals surface area (Å²) < 4.78 is 5.67. The Kier molecular flexibility index (Phi) is 4.65. The molecule has 3 rings (SSSR count). The Hall–Kier alpha value is -1.85. The van der Waals surface area contributed by atoms with Crippen LogP contribution in [-0.4, -0.2) is 52.0 Å². The maximum absolute atomic E-state index is 12.7. The molecular weight excluding hydrogens is 304 g/mol. The van der Waals surface area contributed by atoms with Gasteiger partial charge < -0.3 is 14.5 Å². The summed E-state index contributed by atoms with van der Waals surface area (Å²) in [7, 11) is 0. The molecule has 1 aliphatic heterocycles. The second-order valence-electron chi connectivity index (χ2n) is 7.89. The number of nitrogens with zero attached hydrogens (tertiary/aromatic N) is 4. The highest BCUT2D eigenvalue weighted by Crippen LogP contribution is 2.32. The topological polar surface area (TPSA) is 58.6 Å². The molecule has 2 aliphatic rings. The van der Waals surface area contributed by atoms with E-state index in [1.54, 1.807) is 0 Å². The summed E-state index contributed by atoms with van der Waals surface area (Å²) in [6.45, 7) is 9.40. The van der Waals surface area contributed by atoms with E-state index in [-0.39, 0.29) is 12.1 Å². The normalized spacial score (nSPS) is 21.5. The van der Waals surface area contributed by atoms with Crippen LogP contribution in [0.1, 0.15) is 52.1 Å². The van der Waals surface area contributed by atoms with Crippen molar-refractivity contribution in [2.75, 3.05) is 18.0 Å². The third kappa shape index (κ3) is 3.79. The minimum atomic E-state index is -0.459. The van der Waals surface area contributed by atoms with Crippen LogP contribution < -0.4 is 4.90 Å². The average molecular weight is 332 g/mol.